The average Bonchev–Trinajstić information content (AvgIpc) is 2.67. The van der Waals surface area contributed by atoms with Crippen LogP contribution in [-0.4, -0.2) is 6.23 Å². The van der Waals surface area contributed by atoms with Gasteiger partial charge in [0.05, 0.1) is 11.4 Å². The number of fused-ring (bicyclic) bond motifs is 5. The van der Waals surface area contributed by atoms with E-state index in [-0.39, 0.29) is 12.3 Å². The van der Waals surface area contributed by atoms with Gasteiger partial charge in [0, 0.05) is 10.0 Å². The third-order valence-electron chi connectivity index (χ3n) is 4.80. The van der Waals surface area contributed by atoms with Gasteiger partial charge in [-0.3, -0.25) is 0 Å². The van der Waals surface area contributed by atoms with E-state index in [9.17, 15) is 0 Å². The number of nitrogens with zero attached hydrogens (tertiary/aromatic N) is 1. The fourth-order valence-electron chi connectivity index (χ4n) is 3.70. The molecule has 3 heteroatoms. The molecule has 0 radical (unpaired) electrons. The lowest BCUT2D eigenvalue weighted by molar-refractivity contribution is 0.0302. The lowest BCUT2D eigenvalue weighted by Gasteiger charge is -2.43. The van der Waals surface area contributed by atoms with Crippen molar-refractivity contribution in [1.29, 1.82) is 0 Å². The molecule has 0 aliphatic carbocycles. The standard InChI is InChI=1S/C22H16BrNO/c23-17-8-5-7-16(14-17)22-18-9-2-4-11-20(18)24-19-10-3-1-6-15(19)12-13-21(24)25-22/h1-14,21-22H/t21-,22+/m0/s1. The number of para-hydroxylation sites is 2. The molecule has 25 heavy (non-hydrogen) atoms. The third-order valence-corrected chi connectivity index (χ3v) is 5.29. The van der Waals surface area contributed by atoms with Crippen LogP contribution in [0, 0.1) is 0 Å². The van der Waals surface area contributed by atoms with E-state index in [2.05, 4.69) is 99.7 Å². The average molecular weight is 390 g/mol. The molecule has 0 saturated heterocycles. The van der Waals surface area contributed by atoms with E-state index >= 15 is 0 Å². The molecule has 2 heterocycles. The minimum atomic E-state index is -0.103. The zero-order chi connectivity index (χ0) is 16.8. The summed E-state index contributed by atoms with van der Waals surface area (Å²) in [6.07, 6.45) is 4.12. The van der Waals surface area contributed by atoms with Gasteiger partial charge in [0.2, 0.25) is 0 Å². The van der Waals surface area contributed by atoms with E-state index in [4.69, 9.17) is 4.74 Å². The maximum absolute atomic E-state index is 6.53. The summed E-state index contributed by atoms with van der Waals surface area (Å²) in [5, 5.41) is 0. The molecule has 0 N–H and O–H groups in total. The number of anilines is 2. The van der Waals surface area contributed by atoms with Crippen LogP contribution in [0.15, 0.2) is 83.3 Å². The first-order valence-electron chi connectivity index (χ1n) is 8.37. The first kappa shape index (κ1) is 14.9. The molecule has 5 rings (SSSR count). The topological polar surface area (TPSA) is 12.5 Å². The molecule has 0 spiro atoms. The van der Waals surface area contributed by atoms with Gasteiger partial charge in [0.1, 0.15) is 6.10 Å². The van der Waals surface area contributed by atoms with Crippen LogP contribution in [0.3, 0.4) is 0 Å². The van der Waals surface area contributed by atoms with E-state index in [0.717, 1.165) is 10.0 Å². The minimum absolute atomic E-state index is 0.0788. The molecule has 2 aliphatic heterocycles. The van der Waals surface area contributed by atoms with Crippen LogP contribution in [-0.2, 0) is 4.74 Å². The van der Waals surface area contributed by atoms with Gasteiger partial charge in [-0.05, 0) is 41.5 Å². The highest BCUT2D eigenvalue weighted by Gasteiger charge is 2.35. The fraction of sp³-hybridized carbons (Fsp3) is 0.0909. The quantitative estimate of drug-likeness (QED) is 0.501. The largest absolute Gasteiger partial charge is 0.342 e. The number of hydrogen-bond donors (Lipinski definition) is 0. The summed E-state index contributed by atoms with van der Waals surface area (Å²) in [4.78, 5) is 2.29. The predicted octanol–water partition coefficient (Wildman–Crippen LogP) is 6.06. The van der Waals surface area contributed by atoms with Crippen molar-refractivity contribution in [2.24, 2.45) is 0 Å². The second-order valence-corrected chi connectivity index (χ2v) is 7.22. The third kappa shape index (κ3) is 2.43. The molecule has 3 aromatic carbocycles. The summed E-state index contributed by atoms with van der Waals surface area (Å²) in [7, 11) is 0. The van der Waals surface area contributed by atoms with Crippen LogP contribution in [0.1, 0.15) is 22.8 Å². The maximum atomic E-state index is 6.53. The Balaban J connectivity index is 1.69. The van der Waals surface area contributed by atoms with Crippen LogP contribution < -0.4 is 4.90 Å². The molecule has 2 aliphatic rings. The summed E-state index contributed by atoms with van der Waals surface area (Å²) >= 11 is 3.58. The van der Waals surface area contributed by atoms with Crippen LogP contribution in [0.2, 0.25) is 0 Å². The van der Waals surface area contributed by atoms with E-state index in [1.807, 2.05) is 6.07 Å². The molecule has 3 aromatic rings. The molecule has 2 nitrogen and oxygen atoms in total. The van der Waals surface area contributed by atoms with E-state index in [1.165, 1.54) is 22.5 Å². The number of benzene rings is 3. The van der Waals surface area contributed by atoms with Crippen molar-refractivity contribution >= 4 is 33.4 Å². The Bertz CT molecular complexity index is 981. The molecular formula is C22H16BrNO. The molecule has 2 atom stereocenters. The monoisotopic (exact) mass is 389 g/mol. The van der Waals surface area contributed by atoms with Crippen molar-refractivity contribution < 1.29 is 4.74 Å². The zero-order valence-corrected chi connectivity index (χ0v) is 15.1. The summed E-state index contributed by atoms with van der Waals surface area (Å²) in [5.41, 5.74) is 5.98. The highest BCUT2D eigenvalue weighted by Crippen LogP contribution is 2.46. The molecule has 0 fully saturated rings. The van der Waals surface area contributed by atoms with E-state index < -0.39 is 0 Å². The van der Waals surface area contributed by atoms with Crippen molar-refractivity contribution in [1.82, 2.24) is 0 Å². The molecule has 122 valence electrons. The Morgan fingerprint density at radius 1 is 0.840 bits per heavy atom. The van der Waals surface area contributed by atoms with Gasteiger partial charge >= 0.3 is 0 Å². The first-order chi connectivity index (χ1) is 12.3. The summed E-state index contributed by atoms with van der Waals surface area (Å²) < 4.78 is 7.60. The van der Waals surface area contributed by atoms with Gasteiger partial charge in [-0.1, -0.05) is 70.5 Å². The van der Waals surface area contributed by atoms with Crippen LogP contribution >= 0.6 is 15.9 Å². The van der Waals surface area contributed by atoms with Crippen LogP contribution in [0.4, 0.5) is 11.4 Å². The number of rotatable bonds is 1. The molecular weight excluding hydrogens is 374 g/mol. The van der Waals surface area contributed by atoms with Crippen molar-refractivity contribution in [3.8, 4) is 0 Å². The van der Waals surface area contributed by atoms with Gasteiger partial charge in [-0.15, -0.1) is 0 Å². The molecule has 0 saturated carbocycles. The Morgan fingerprint density at radius 2 is 1.64 bits per heavy atom. The Kier molecular flexibility index (Phi) is 3.51. The van der Waals surface area contributed by atoms with Crippen molar-refractivity contribution in [2.45, 2.75) is 12.3 Å². The number of halogens is 1. The van der Waals surface area contributed by atoms with Gasteiger partial charge in [0.25, 0.3) is 0 Å². The highest BCUT2D eigenvalue weighted by molar-refractivity contribution is 9.10. The molecule has 0 unspecified atom stereocenters. The van der Waals surface area contributed by atoms with E-state index in [0.29, 0.717) is 0 Å². The van der Waals surface area contributed by atoms with Crippen LogP contribution in [0.25, 0.3) is 6.08 Å². The SMILES string of the molecule is Brc1cccc([C@H]2O[C@H]3C=Cc4ccccc4N3c3ccccc32)c1. The van der Waals surface area contributed by atoms with Gasteiger partial charge in [0.15, 0.2) is 6.23 Å². The second-order valence-electron chi connectivity index (χ2n) is 6.31. The Hall–Kier alpha value is -2.36. The molecule has 0 aromatic heterocycles. The van der Waals surface area contributed by atoms with Crippen molar-refractivity contribution in [3.63, 3.8) is 0 Å². The zero-order valence-electron chi connectivity index (χ0n) is 13.5. The van der Waals surface area contributed by atoms with Gasteiger partial charge in [-0.25, -0.2) is 0 Å². The summed E-state index contributed by atoms with van der Waals surface area (Å²) in [6, 6.07) is 25.4. The predicted molar refractivity (Wildman–Crippen MR) is 105 cm³/mol. The minimum Gasteiger partial charge on any atom is -0.342 e. The van der Waals surface area contributed by atoms with E-state index in [1.54, 1.807) is 0 Å². The Morgan fingerprint density at radius 3 is 2.52 bits per heavy atom. The fourth-order valence-corrected chi connectivity index (χ4v) is 4.12. The van der Waals surface area contributed by atoms with Crippen LogP contribution in [0.5, 0.6) is 0 Å². The maximum Gasteiger partial charge on any atom is 0.155 e. The van der Waals surface area contributed by atoms with Gasteiger partial charge in [-0.2, -0.15) is 0 Å². The lowest BCUT2D eigenvalue weighted by Crippen LogP contribution is -2.40. The second kappa shape index (κ2) is 5.87. The van der Waals surface area contributed by atoms with Crippen molar-refractivity contribution in [2.75, 3.05) is 4.90 Å². The number of hydrogen-bond acceptors (Lipinski definition) is 2. The Labute approximate surface area is 155 Å². The normalized spacial score (nSPS) is 20.6. The van der Waals surface area contributed by atoms with Crippen molar-refractivity contribution in [3.05, 3.63) is 100 Å². The molecule has 0 amide bonds. The van der Waals surface area contributed by atoms with Gasteiger partial charge < -0.3 is 9.64 Å². The highest BCUT2D eigenvalue weighted by atomic mass is 79.9. The summed E-state index contributed by atoms with van der Waals surface area (Å²) in [5.74, 6) is 0. The molecule has 0 bridgehead atoms. The first-order valence-corrected chi connectivity index (χ1v) is 9.17. The lowest BCUT2D eigenvalue weighted by atomic mass is 9.95. The summed E-state index contributed by atoms with van der Waals surface area (Å²) in [6.45, 7) is 0. The number of ether oxygens (including phenoxy) is 1. The smallest absolute Gasteiger partial charge is 0.155 e.